The number of ether oxygens (including phenoxy) is 2. The number of hydrogen-bond acceptors (Lipinski definition) is 7. The summed E-state index contributed by atoms with van der Waals surface area (Å²) in [6.07, 6.45) is -7.85. The SMILES string of the molecule is CCO[C@@H]1O[C@H](C(=O)[O-])[C@H](O)[C@H](O)[C@H]1O.[Na+]. The van der Waals surface area contributed by atoms with Crippen LogP contribution in [0, 0.1) is 0 Å². The second-order valence-corrected chi connectivity index (χ2v) is 3.17. The van der Waals surface area contributed by atoms with Crippen LogP contribution in [0.15, 0.2) is 0 Å². The van der Waals surface area contributed by atoms with Gasteiger partial charge in [-0.15, -0.1) is 0 Å². The number of carbonyl (C=O) groups excluding carboxylic acids is 1. The maximum Gasteiger partial charge on any atom is 1.00 e. The summed E-state index contributed by atoms with van der Waals surface area (Å²) in [4.78, 5) is 10.5. The quantitative estimate of drug-likeness (QED) is 0.422. The number of carbonyl (C=O) groups is 1. The summed E-state index contributed by atoms with van der Waals surface area (Å²) < 4.78 is 9.60. The van der Waals surface area contributed by atoms with Gasteiger partial charge in [-0.25, -0.2) is 0 Å². The molecule has 0 aromatic rings. The molecule has 88 valence electrons. The molecule has 0 aromatic heterocycles. The summed E-state index contributed by atoms with van der Waals surface area (Å²) in [5.74, 6) is -1.67. The molecule has 0 saturated carbocycles. The minimum absolute atomic E-state index is 0. The van der Waals surface area contributed by atoms with E-state index in [-0.39, 0.29) is 36.2 Å². The number of aliphatic hydroxyl groups is 3. The molecule has 0 amide bonds. The number of carboxylic acids is 1. The van der Waals surface area contributed by atoms with Crippen LogP contribution < -0.4 is 34.7 Å². The first kappa shape index (κ1) is 16.3. The van der Waals surface area contributed by atoms with Crippen molar-refractivity contribution in [3.63, 3.8) is 0 Å². The zero-order chi connectivity index (χ0) is 11.6. The van der Waals surface area contributed by atoms with Gasteiger partial charge in [-0.1, -0.05) is 0 Å². The van der Waals surface area contributed by atoms with Crippen molar-refractivity contribution < 1.29 is 64.3 Å². The summed E-state index contributed by atoms with van der Waals surface area (Å²) in [7, 11) is 0. The van der Waals surface area contributed by atoms with E-state index in [0.717, 1.165) is 0 Å². The average molecular weight is 244 g/mol. The van der Waals surface area contributed by atoms with Gasteiger partial charge in [-0.3, -0.25) is 0 Å². The molecule has 0 aliphatic carbocycles. The third-order valence-electron chi connectivity index (χ3n) is 2.13. The van der Waals surface area contributed by atoms with Gasteiger partial charge < -0.3 is 34.7 Å². The van der Waals surface area contributed by atoms with Crippen molar-refractivity contribution in [2.45, 2.75) is 37.6 Å². The van der Waals surface area contributed by atoms with Gasteiger partial charge in [-0.2, -0.15) is 0 Å². The van der Waals surface area contributed by atoms with Crippen LogP contribution in [0.5, 0.6) is 0 Å². The Bertz CT molecular complexity index is 236. The third kappa shape index (κ3) is 3.38. The Morgan fingerprint density at radius 3 is 2.31 bits per heavy atom. The molecule has 5 atom stereocenters. The van der Waals surface area contributed by atoms with Crippen LogP contribution >= 0.6 is 0 Å². The van der Waals surface area contributed by atoms with Crippen molar-refractivity contribution >= 4 is 5.97 Å². The monoisotopic (exact) mass is 244 g/mol. The summed E-state index contributed by atoms with van der Waals surface area (Å²) >= 11 is 0. The van der Waals surface area contributed by atoms with E-state index in [0.29, 0.717) is 0 Å². The van der Waals surface area contributed by atoms with Gasteiger partial charge in [0, 0.05) is 6.61 Å². The second kappa shape index (κ2) is 6.87. The Labute approximate surface area is 114 Å². The summed E-state index contributed by atoms with van der Waals surface area (Å²) in [6, 6.07) is 0. The molecule has 1 fully saturated rings. The molecule has 0 bridgehead atoms. The minimum Gasteiger partial charge on any atom is -0.547 e. The maximum absolute atomic E-state index is 10.5. The normalized spacial score (nSPS) is 38.9. The molecule has 1 aliphatic heterocycles. The number of rotatable bonds is 3. The van der Waals surface area contributed by atoms with E-state index in [9.17, 15) is 25.2 Å². The topological polar surface area (TPSA) is 119 Å². The Morgan fingerprint density at radius 2 is 1.88 bits per heavy atom. The minimum atomic E-state index is -1.73. The fourth-order valence-corrected chi connectivity index (χ4v) is 1.34. The van der Waals surface area contributed by atoms with E-state index in [1.54, 1.807) is 6.92 Å². The number of hydrogen-bond donors (Lipinski definition) is 3. The molecule has 7 nitrogen and oxygen atoms in total. The molecular formula is C8H13NaO7. The zero-order valence-corrected chi connectivity index (χ0v) is 11.1. The molecule has 0 unspecified atom stereocenters. The first-order chi connectivity index (χ1) is 6.99. The predicted octanol–water partition coefficient (Wildman–Crippen LogP) is -6.42. The van der Waals surface area contributed by atoms with Gasteiger partial charge in [0.05, 0.1) is 5.97 Å². The molecule has 1 saturated heterocycles. The average Bonchev–Trinajstić information content (AvgIpc) is 2.18. The van der Waals surface area contributed by atoms with Gasteiger partial charge in [0.2, 0.25) is 0 Å². The van der Waals surface area contributed by atoms with Gasteiger partial charge in [0.15, 0.2) is 6.29 Å². The van der Waals surface area contributed by atoms with E-state index < -0.39 is 36.7 Å². The summed E-state index contributed by atoms with van der Waals surface area (Å²) in [5, 5.41) is 38.5. The van der Waals surface area contributed by atoms with Crippen LogP contribution in [0.4, 0.5) is 0 Å². The predicted molar refractivity (Wildman–Crippen MR) is 43.3 cm³/mol. The van der Waals surface area contributed by atoms with Crippen molar-refractivity contribution in [3.8, 4) is 0 Å². The van der Waals surface area contributed by atoms with Crippen LogP contribution in [0.25, 0.3) is 0 Å². The molecule has 0 aromatic carbocycles. The standard InChI is InChI=1S/C8H14O7.Na/c1-2-14-8-5(11)3(9)4(10)6(15-8)7(12)13;/h3-6,8-11H,2H2,1H3,(H,12,13);/q;+1/p-1/t3-,4+,5+,6-,8+;/m0./s1. The van der Waals surface area contributed by atoms with E-state index in [2.05, 4.69) is 0 Å². The zero-order valence-electron chi connectivity index (χ0n) is 9.07. The Kier molecular flexibility index (Phi) is 6.99. The van der Waals surface area contributed by atoms with Crippen molar-refractivity contribution in [3.05, 3.63) is 0 Å². The van der Waals surface area contributed by atoms with Gasteiger partial charge in [0.1, 0.15) is 24.4 Å². The van der Waals surface area contributed by atoms with E-state index in [1.807, 2.05) is 0 Å². The summed E-state index contributed by atoms with van der Waals surface area (Å²) in [5.41, 5.74) is 0. The van der Waals surface area contributed by atoms with Gasteiger partial charge in [0.25, 0.3) is 0 Å². The van der Waals surface area contributed by atoms with Crippen LogP contribution in [-0.4, -0.2) is 58.6 Å². The first-order valence-electron chi connectivity index (χ1n) is 4.51. The van der Waals surface area contributed by atoms with Gasteiger partial charge >= 0.3 is 29.6 Å². The van der Waals surface area contributed by atoms with E-state index in [1.165, 1.54) is 0 Å². The fraction of sp³-hybridized carbons (Fsp3) is 0.875. The molecular weight excluding hydrogens is 231 g/mol. The molecule has 0 radical (unpaired) electrons. The summed E-state index contributed by atoms with van der Waals surface area (Å²) in [6.45, 7) is 1.78. The Hall–Kier alpha value is 0.270. The Balaban J connectivity index is 0.00000225. The van der Waals surface area contributed by atoms with Crippen LogP contribution in [0.3, 0.4) is 0 Å². The van der Waals surface area contributed by atoms with E-state index >= 15 is 0 Å². The number of aliphatic hydroxyl groups excluding tert-OH is 3. The second-order valence-electron chi connectivity index (χ2n) is 3.17. The molecule has 1 aliphatic rings. The van der Waals surface area contributed by atoms with Crippen molar-refractivity contribution in [2.75, 3.05) is 6.61 Å². The number of aliphatic carboxylic acids is 1. The van der Waals surface area contributed by atoms with E-state index in [4.69, 9.17) is 9.47 Å². The molecule has 1 rings (SSSR count). The Morgan fingerprint density at radius 1 is 1.31 bits per heavy atom. The molecule has 16 heavy (non-hydrogen) atoms. The van der Waals surface area contributed by atoms with Crippen molar-refractivity contribution in [1.29, 1.82) is 0 Å². The van der Waals surface area contributed by atoms with Gasteiger partial charge in [-0.05, 0) is 6.92 Å². The molecule has 0 spiro atoms. The number of carboxylic acid groups (broad SMARTS) is 1. The largest absolute Gasteiger partial charge is 1.00 e. The smallest absolute Gasteiger partial charge is 0.547 e. The van der Waals surface area contributed by atoms with Crippen LogP contribution in [0.1, 0.15) is 6.92 Å². The fourth-order valence-electron chi connectivity index (χ4n) is 1.34. The molecule has 3 N–H and O–H groups in total. The molecule has 1 heterocycles. The molecule has 8 heteroatoms. The van der Waals surface area contributed by atoms with Crippen LogP contribution in [-0.2, 0) is 14.3 Å². The first-order valence-corrected chi connectivity index (χ1v) is 4.51. The van der Waals surface area contributed by atoms with Crippen molar-refractivity contribution in [2.24, 2.45) is 0 Å². The van der Waals surface area contributed by atoms with Crippen molar-refractivity contribution in [1.82, 2.24) is 0 Å². The maximum atomic E-state index is 10.5. The van der Waals surface area contributed by atoms with Crippen LogP contribution in [0.2, 0.25) is 0 Å². The third-order valence-corrected chi connectivity index (χ3v) is 2.13.